The number of anilines is 2. The summed E-state index contributed by atoms with van der Waals surface area (Å²) < 4.78 is 4.23. The van der Waals surface area contributed by atoms with E-state index in [1.807, 2.05) is 0 Å². The molecule has 0 bridgehead atoms. The van der Waals surface area contributed by atoms with E-state index in [0.717, 1.165) is 4.90 Å². The Labute approximate surface area is 112 Å². The average molecular weight is 271 g/mol. The lowest BCUT2D eigenvalue weighted by Gasteiger charge is -2.21. The van der Waals surface area contributed by atoms with Crippen molar-refractivity contribution >= 4 is 34.1 Å². The monoisotopic (exact) mass is 271 g/mol. The van der Waals surface area contributed by atoms with Gasteiger partial charge in [-0.25, -0.2) is 0 Å². The second-order valence-electron chi connectivity index (χ2n) is 4.62. The maximum Gasteiger partial charge on any atom is 0.153 e. The van der Waals surface area contributed by atoms with Gasteiger partial charge >= 0.3 is 0 Å². The van der Waals surface area contributed by atoms with Crippen LogP contribution < -0.4 is 11.1 Å². The molecule has 0 aromatic carbocycles. The van der Waals surface area contributed by atoms with Gasteiger partial charge < -0.3 is 11.1 Å². The number of rotatable bonds is 3. The molecule has 0 amide bonds. The second kappa shape index (κ2) is 6.50. The SMILES string of the molecule is CSc1c(N)nsc1NC1CCCCCCC1. The van der Waals surface area contributed by atoms with Gasteiger partial charge in [-0.15, -0.1) is 11.8 Å². The third kappa shape index (κ3) is 3.52. The van der Waals surface area contributed by atoms with Gasteiger partial charge in [0.1, 0.15) is 5.00 Å². The lowest BCUT2D eigenvalue weighted by Crippen LogP contribution is -2.20. The molecule has 1 aromatic heterocycles. The van der Waals surface area contributed by atoms with Gasteiger partial charge in [0.2, 0.25) is 0 Å². The zero-order chi connectivity index (χ0) is 12.1. The minimum Gasteiger partial charge on any atom is -0.382 e. The largest absolute Gasteiger partial charge is 0.382 e. The molecule has 1 aliphatic carbocycles. The number of nitrogens with two attached hydrogens (primary N) is 1. The van der Waals surface area contributed by atoms with E-state index >= 15 is 0 Å². The smallest absolute Gasteiger partial charge is 0.153 e. The van der Waals surface area contributed by atoms with Crippen molar-refractivity contribution in [2.75, 3.05) is 17.3 Å². The van der Waals surface area contributed by atoms with Crippen LogP contribution in [0.15, 0.2) is 4.90 Å². The molecule has 1 aromatic rings. The van der Waals surface area contributed by atoms with E-state index in [-0.39, 0.29) is 0 Å². The summed E-state index contributed by atoms with van der Waals surface area (Å²) in [5, 5.41) is 4.81. The van der Waals surface area contributed by atoms with Crippen molar-refractivity contribution in [2.24, 2.45) is 0 Å². The molecular formula is C12H21N3S2. The molecule has 3 N–H and O–H groups in total. The Morgan fingerprint density at radius 3 is 2.53 bits per heavy atom. The summed E-state index contributed by atoms with van der Waals surface area (Å²) in [4.78, 5) is 1.12. The van der Waals surface area contributed by atoms with E-state index in [0.29, 0.717) is 11.9 Å². The standard InChI is InChI=1S/C12H21N3S2/c1-16-10-11(13)15-17-12(10)14-9-7-5-3-2-4-6-8-9/h9,14H,2-8H2,1H3,(H2,13,15). The maximum absolute atomic E-state index is 5.85. The first-order valence-corrected chi connectivity index (χ1v) is 8.36. The van der Waals surface area contributed by atoms with Crippen molar-refractivity contribution in [3.8, 4) is 0 Å². The summed E-state index contributed by atoms with van der Waals surface area (Å²) in [7, 11) is 0. The van der Waals surface area contributed by atoms with Crippen LogP contribution in [0.4, 0.5) is 10.8 Å². The Hall–Kier alpha value is -0.420. The maximum atomic E-state index is 5.85. The van der Waals surface area contributed by atoms with E-state index in [2.05, 4.69) is 15.9 Å². The van der Waals surface area contributed by atoms with Gasteiger partial charge in [0.05, 0.1) is 4.90 Å². The van der Waals surface area contributed by atoms with Crippen LogP contribution in [0, 0.1) is 0 Å². The van der Waals surface area contributed by atoms with E-state index in [1.165, 1.54) is 61.5 Å². The zero-order valence-corrected chi connectivity index (χ0v) is 12.0. The molecule has 0 saturated heterocycles. The summed E-state index contributed by atoms with van der Waals surface area (Å²) >= 11 is 3.19. The minimum absolute atomic E-state index is 0.612. The van der Waals surface area contributed by atoms with Gasteiger partial charge in [0, 0.05) is 6.04 Å². The van der Waals surface area contributed by atoms with Crippen molar-refractivity contribution in [1.82, 2.24) is 4.37 Å². The fourth-order valence-corrected chi connectivity index (χ4v) is 3.98. The summed E-state index contributed by atoms with van der Waals surface area (Å²) in [5.74, 6) is 0.677. The number of hydrogen-bond donors (Lipinski definition) is 2. The number of thioether (sulfide) groups is 1. The quantitative estimate of drug-likeness (QED) is 0.817. The summed E-state index contributed by atoms with van der Waals surface area (Å²) in [6.07, 6.45) is 11.5. The van der Waals surface area contributed by atoms with Crippen LogP contribution in [0.2, 0.25) is 0 Å². The summed E-state index contributed by atoms with van der Waals surface area (Å²) in [5.41, 5.74) is 5.85. The van der Waals surface area contributed by atoms with Gasteiger partial charge in [-0.1, -0.05) is 32.1 Å². The fourth-order valence-electron chi connectivity index (χ4n) is 2.37. The minimum atomic E-state index is 0.612. The van der Waals surface area contributed by atoms with Crippen LogP contribution in [0.3, 0.4) is 0 Å². The zero-order valence-electron chi connectivity index (χ0n) is 10.4. The molecule has 96 valence electrons. The molecule has 0 aliphatic heterocycles. The molecule has 2 rings (SSSR count). The highest BCUT2D eigenvalue weighted by molar-refractivity contribution is 7.99. The summed E-state index contributed by atoms with van der Waals surface area (Å²) in [6, 6.07) is 0.612. The molecule has 1 heterocycles. The average Bonchev–Trinajstić information content (AvgIpc) is 2.63. The molecule has 1 fully saturated rings. The van der Waals surface area contributed by atoms with Crippen LogP contribution in [0.5, 0.6) is 0 Å². The first-order valence-electron chi connectivity index (χ1n) is 6.37. The van der Waals surface area contributed by atoms with Gasteiger partial charge in [0.25, 0.3) is 0 Å². The third-order valence-electron chi connectivity index (χ3n) is 3.32. The van der Waals surface area contributed by atoms with Gasteiger partial charge in [-0.2, -0.15) is 4.37 Å². The van der Waals surface area contributed by atoms with E-state index in [4.69, 9.17) is 5.73 Å². The van der Waals surface area contributed by atoms with Gasteiger partial charge in [-0.05, 0) is 30.6 Å². The highest BCUT2D eigenvalue weighted by atomic mass is 32.2. The number of nitrogen functional groups attached to an aromatic ring is 1. The first-order chi connectivity index (χ1) is 8.31. The Morgan fingerprint density at radius 2 is 1.88 bits per heavy atom. The molecule has 3 nitrogen and oxygen atoms in total. The predicted molar refractivity (Wildman–Crippen MR) is 78.0 cm³/mol. The van der Waals surface area contributed by atoms with Crippen LogP contribution in [0.1, 0.15) is 44.9 Å². The van der Waals surface area contributed by atoms with Crippen molar-refractivity contribution in [3.05, 3.63) is 0 Å². The van der Waals surface area contributed by atoms with Gasteiger partial charge in [-0.3, -0.25) is 0 Å². The first kappa shape index (κ1) is 13.0. The molecule has 0 radical (unpaired) electrons. The van der Waals surface area contributed by atoms with E-state index < -0.39 is 0 Å². The van der Waals surface area contributed by atoms with Crippen molar-refractivity contribution in [3.63, 3.8) is 0 Å². The van der Waals surface area contributed by atoms with Crippen molar-refractivity contribution < 1.29 is 0 Å². The summed E-state index contributed by atoms with van der Waals surface area (Å²) in [6.45, 7) is 0. The van der Waals surface area contributed by atoms with Crippen molar-refractivity contribution in [2.45, 2.75) is 55.9 Å². The number of hydrogen-bond acceptors (Lipinski definition) is 5. The van der Waals surface area contributed by atoms with E-state index in [1.54, 1.807) is 11.8 Å². The fraction of sp³-hybridized carbons (Fsp3) is 0.750. The highest BCUT2D eigenvalue weighted by Crippen LogP contribution is 2.36. The van der Waals surface area contributed by atoms with Crippen LogP contribution in [0.25, 0.3) is 0 Å². The van der Waals surface area contributed by atoms with Gasteiger partial charge in [0.15, 0.2) is 5.82 Å². The molecule has 1 saturated carbocycles. The molecule has 0 unspecified atom stereocenters. The Morgan fingerprint density at radius 1 is 1.24 bits per heavy atom. The Kier molecular flexibility index (Phi) is 4.98. The number of nitrogens with one attached hydrogen (secondary N) is 1. The predicted octanol–water partition coefficient (Wildman–Crippen LogP) is 3.97. The number of nitrogens with zero attached hydrogens (tertiary/aromatic N) is 1. The van der Waals surface area contributed by atoms with E-state index in [9.17, 15) is 0 Å². The molecule has 5 heteroatoms. The molecule has 0 spiro atoms. The Balaban J connectivity index is 1.98. The lowest BCUT2D eigenvalue weighted by molar-refractivity contribution is 0.471. The van der Waals surface area contributed by atoms with Crippen LogP contribution >= 0.6 is 23.3 Å². The molecule has 0 atom stereocenters. The molecule has 17 heavy (non-hydrogen) atoms. The van der Waals surface area contributed by atoms with Crippen LogP contribution in [-0.4, -0.2) is 16.7 Å². The Bertz CT molecular complexity index is 344. The second-order valence-corrected chi connectivity index (χ2v) is 6.21. The van der Waals surface area contributed by atoms with Crippen LogP contribution in [-0.2, 0) is 0 Å². The normalized spacial score (nSPS) is 18.6. The van der Waals surface area contributed by atoms with Crippen molar-refractivity contribution in [1.29, 1.82) is 0 Å². The third-order valence-corrected chi connectivity index (χ3v) is 5.06. The molecular weight excluding hydrogens is 250 g/mol. The highest BCUT2D eigenvalue weighted by Gasteiger charge is 2.16. The topological polar surface area (TPSA) is 50.9 Å². The molecule has 1 aliphatic rings. The lowest BCUT2D eigenvalue weighted by atomic mass is 9.97. The number of aromatic nitrogens is 1.